The summed E-state index contributed by atoms with van der Waals surface area (Å²) in [5.74, 6) is 0.904. The average molecular weight is 270 g/mol. The first kappa shape index (κ1) is 12.1. The Kier molecular flexibility index (Phi) is 2.82. The number of aliphatic hydroxyl groups excluding tert-OH is 1. The number of fused-ring (bicyclic) bond motifs is 1. The van der Waals surface area contributed by atoms with E-state index in [1.54, 1.807) is 6.33 Å². The summed E-state index contributed by atoms with van der Waals surface area (Å²) in [6.07, 6.45) is 5.52. The quantitative estimate of drug-likeness (QED) is 0.859. The van der Waals surface area contributed by atoms with Gasteiger partial charge in [0.05, 0.1) is 17.8 Å². The molecular weight excluding hydrogens is 252 g/mol. The van der Waals surface area contributed by atoms with Crippen molar-refractivity contribution in [1.29, 1.82) is 0 Å². The molecule has 5 heteroatoms. The van der Waals surface area contributed by atoms with Gasteiger partial charge in [-0.05, 0) is 42.9 Å². The monoisotopic (exact) mass is 270 g/mol. The third kappa shape index (κ3) is 1.85. The zero-order valence-electron chi connectivity index (χ0n) is 11.3. The molecule has 0 radical (unpaired) electrons. The lowest BCUT2D eigenvalue weighted by atomic mass is 10.1. The van der Waals surface area contributed by atoms with Gasteiger partial charge in [-0.2, -0.15) is 5.10 Å². The van der Waals surface area contributed by atoms with E-state index in [-0.39, 0.29) is 12.1 Å². The number of aromatic nitrogens is 3. The van der Waals surface area contributed by atoms with Gasteiger partial charge in [0, 0.05) is 6.54 Å². The van der Waals surface area contributed by atoms with Crippen LogP contribution in [0.3, 0.4) is 0 Å². The number of aliphatic hydroxyl groups is 1. The van der Waals surface area contributed by atoms with Gasteiger partial charge < -0.3 is 10.4 Å². The van der Waals surface area contributed by atoms with E-state index in [4.69, 9.17) is 0 Å². The summed E-state index contributed by atoms with van der Waals surface area (Å²) in [5, 5.41) is 17.4. The minimum Gasteiger partial charge on any atom is -0.392 e. The maximum Gasteiger partial charge on any atom is 0.149 e. The molecule has 2 aliphatic rings. The van der Waals surface area contributed by atoms with Gasteiger partial charge in [0.25, 0.3) is 0 Å². The third-order valence-electron chi connectivity index (χ3n) is 4.34. The van der Waals surface area contributed by atoms with E-state index in [2.05, 4.69) is 33.6 Å². The molecule has 2 atom stereocenters. The molecule has 0 bridgehead atoms. The second kappa shape index (κ2) is 4.68. The van der Waals surface area contributed by atoms with Crippen LogP contribution in [0.1, 0.15) is 35.8 Å². The Morgan fingerprint density at radius 2 is 2.25 bits per heavy atom. The molecular formula is C15H18N4O. The van der Waals surface area contributed by atoms with Gasteiger partial charge in [0.1, 0.15) is 12.2 Å². The highest BCUT2D eigenvalue weighted by Crippen LogP contribution is 2.30. The number of rotatable bonds is 2. The van der Waals surface area contributed by atoms with E-state index < -0.39 is 0 Å². The molecule has 2 aromatic rings. The zero-order valence-corrected chi connectivity index (χ0v) is 11.3. The van der Waals surface area contributed by atoms with Crippen molar-refractivity contribution in [3.8, 4) is 5.69 Å². The van der Waals surface area contributed by atoms with E-state index in [0.717, 1.165) is 24.4 Å². The van der Waals surface area contributed by atoms with Crippen molar-refractivity contribution in [3.63, 3.8) is 0 Å². The van der Waals surface area contributed by atoms with Gasteiger partial charge in [0.2, 0.25) is 0 Å². The zero-order chi connectivity index (χ0) is 13.5. The molecule has 1 aromatic carbocycles. The summed E-state index contributed by atoms with van der Waals surface area (Å²) in [7, 11) is 0. The first-order valence-electron chi connectivity index (χ1n) is 7.25. The van der Waals surface area contributed by atoms with E-state index in [0.29, 0.717) is 13.0 Å². The topological polar surface area (TPSA) is 63.0 Å². The van der Waals surface area contributed by atoms with Crippen LogP contribution < -0.4 is 5.32 Å². The van der Waals surface area contributed by atoms with Crippen molar-refractivity contribution >= 4 is 0 Å². The number of hydrogen-bond acceptors (Lipinski definition) is 4. The Morgan fingerprint density at radius 1 is 1.30 bits per heavy atom. The summed E-state index contributed by atoms with van der Waals surface area (Å²) in [6, 6.07) is 6.51. The highest BCUT2D eigenvalue weighted by atomic mass is 16.3. The van der Waals surface area contributed by atoms with E-state index in [1.807, 2.05) is 4.68 Å². The number of aryl methyl sites for hydroxylation is 1. The molecule has 1 aromatic heterocycles. The fraction of sp³-hybridized carbons (Fsp3) is 0.467. The minimum absolute atomic E-state index is 0.0877. The summed E-state index contributed by atoms with van der Waals surface area (Å²) < 4.78 is 1.94. The molecule has 104 valence electrons. The van der Waals surface area contributed by atoms with Crippen LogP contribution in [0.15, 0.2) is 24.5 Å². The second-order valence-electron chi connectivity index (χ2n) is 5.65. The number of nitrogens with zero attached hydrogens (tertiary/aromatic N) is 3. The van der Waals surface area contributed by atoms with E-state index in [9.17, 15) is 5.11 Å². The lowest BCUT2D eigenvalue weighted by Crippen LogP contribution is -2.19. The Bertz CT molecular complexity index is 637. The smallest absolute Gasteiger partial charge is 0.149 e. The molecule has 1 saturated heterocycles. The molecule has 4 rings (SSSR count). The lowest BCUT2D eigenvalue weighted by Gasteiger charge is -2.14. The van der Waals surface area contributed by atoms with Gasteiger partial charge >= 0.3 is 0 Å². The van der Waals surface area contributed by atoms with Crippen LogP contribution in [0.4, 0.5) is 0 Å². The molecule has 0 amide bonds. The van der Waals surface area contributed by atoms with Gasteiger partial charge in [-0.1, -0.05) is 12.1 Å². The number of hydrogen-bond donors (Lipinski definition) is 2. The number of β-amino-alcohol motifs (C(OH)–C–C–N with tert-alkyl or cyclic N) is 1. The molecule has 20 heavy (non-hydrogen) atoms. The van der Waals surface area contributed by atoms with Crippen molar-refractivity contribution < 1.29 is 5.11 Å². The van der Waals surface area contributed by atoms with Gasteiger partial charge in [-0.25, -0.2) is 9.67 Å². The largest absolute Gasteiger partial charge is 0.392 e. The fourth-order valence-electron chi connectivity index (χ4n) is 3.39. The Balaban J connectivity index is 1.77. The second-order valence-corrected chi connectivity index (χ2v) is 5.65. The minimum atomic E-state index is -0.286. The normalized spacial score (nSPS) is 25.1. The Morgan fingerprint density at radius 3 is 3.10 bits per heavy atom. The van der Waals surface area contributed by atoms with E-state index in [1.165, 1.54) is 17.5 Å². The Labute approximate surface area is 117 Å². The standard InChI is InChI=1S/C15H18N4O/c20-11-7-13(16-8-11)15-17-9-18-19(15)14-6-2-4-10-3-1-5-12(10)14/h2,4,6,9,11,13,16,20H,1,3,5,7-8H2/t11-,13+/m1/s1. The van der Waals surface area contributed by atoms with Crippen molar-refractivity contribution in [2.45, 2.75) is 37.8 Å². The predicted molar refractivity (Wildman–Crippen MR) is 74.8 cm³/mol. The van der Waals surface area contributed by atoms with Crippen LogP contribution in [-0.2, 0) is 12.8 Å². The first-order chi connectivity index (χ1) is 9.83. The summed E-state index contributed by atoms with van der Waals surface area (Å²) in [5.41, 5.74) is 3.98. The molecule has 1 aliphatic carbocycles. The summed E-state index contributed by atoms with van der Waals surface area (Å²) in [4.78, 5) is 4.41. The molecule has 1 aliphatic heterocycles. The lowest BCUT2D eigenvalue weighted by molar-refractivity contribution is 0.193. The van der Waals surface area contributed by atoms with E-state index >= 15 is 0 Å². The van der Waals surface area contributed by atoms with Crippen LogP contribution in [0.5, 0.6) is 0 Å². The first-order valence-corrected chi connectivity index (χ1v) is 7.25. The van der Waals surface area contributed by atoms with Crippen LogP contribution in [0.2, 0.25) is 0 Å². The molecule has 0 unspecified atom stereocenters. The SMILES string of the molecule is O[C@H]1CN[C@H](c2ncnn2-c2cccc3c2CCC3)C1. The molecule has 0 saturated carbocycles. The maximum atomic E-state index is 9.69. The van der Waals surface area contributed by atoms with Crippen LogP contribution in [0.25, 0.3) is 5.69 Å². The summed E-state index contributed by atoms with van der Waals surface area (Å²) >= 11 is 0. The molecule has 5 nitrogen and oxygen atoms in total. The number of benzene rings is 1. The highest BCUT2D eigenvalue weighted by Gasteiger charge is 2.28. The molecule has 1 fully saturated rings. The van der Waals surface area contributed by atoms with Gasteiger partial charge in [-0.3, -0.25) is 0 Å². The maximum absolute atomic E-state index is 9.69. The fourth-order valence-corrected chi connectivity index (χ4v) is 3.39. The molecule has 0 spiro atoms. The van der Waals surface area contributed by atoms with Crippen molar-refractivity contribution in [2.75, 3.05) is 6.54 Å². The van der Waals surface area contributed by atoms with Crippen LogP contribution in [-0.4, -0.2) is 32.5 Å². The Hall–Kier alpha value is -1.72. The van der Waals surface area contributed by atoms with Crippen molar-refractivity contribution in [2.24, 2.45) is 0 Å². The average Bonchev–Trinajstić information content (AvgIpc) is 3.17. The highest BCUT2D eigenvalue weighted by molar-refractivity contribution is 5.48. The predicted octanol–water partition coefficient (Wildman–Crippen LogP) is 1.15. The van der Waals surface area contributed by atoms with Crippen molar-refractivity contribution in [3.05, 3.63) is 41.5 Å². The third-order valence-corrected chi connectivity index (χ3v) is 4.34. The molecule has 2 heterocycles. The van der Waals surface area contributed by atoms with Gasteiger partial charge in [-0.15, -0.1) is 0 Å². The number of nitrogens with one attached hydrogen (secondary N) is 1. The van der Waals surface area contributed by atoms with Crippen LogP contribution >= 0.6 is 0 Å². The van der Waals surface area contributed by atoms with Gasteiger partial charge in [0.15, 0.2) is 0 Å². The summed E-state index contributed by atoms with van der Waals surface area (Å²) in [6.45, 7) is 0.629. The molecule has 2 N–H and O–H groups in total. The van der Waals surface area contributed by atoms with Crippen LogP contribution in [0, 0.1) is 0 Å². The van der Waals surface area contributed by atoms with Crippen molar-refractivity contribution in [1.82, 2.24) is 20.1 Å².